The molecule has 3 nitrogen and oxygen atoms in total. The van der Waals surface area contributed by atoms with Gasteiger partial charge in [-0.05, 0) is 26.0 Å². The van der Waals surface area contributed by atoms with E-state index in [2.05, 4.69) is 5.32 Å². The number of hydrogen-bond donors (Lipinski definition) is 1. The number of nitrogens with zero attached hydrogens (tertiary/aromatic N) is 1. The smallest absolute Gasteiger partial charge is 0.336 e. The van der Waals surface area contributed by atoms with Gasteiger partial charge in [-0.2, -0.15) is 13.2 Å². The van der Waals surface area contributed by atoms with Crippen molar-refractivity contribution >= 4 is 5.91 Å². The fourth-order valence-corrected chi connectivity index (χ4v) is 2.58. The van der Waals surface area contributed by atoms with Gasteiger partial charge >= 0.3 is 6.18 Å². The highest BCUT2D eigenvalue weighted by molar-refractivity contribution is 5.96. The van der Waals surface area contributed by atoms with Gasteiger partial charge in [0.05, 0.1) is 11.1 Å². The van der Waals surface area contributed by atoms with E-state index in [0.29, 0.717) is 13.1 Å². The standard InChI is InChI=1S/C14H17F3N2O/c1-9-7-19(8-10(2)18-9)13(20)11-5-3-4-6-12(11)14(15,16)17/h3-6,9-10,18H,7-8H2,1-2H3. The van der Waals surface area contributed by atoms with Crippen LogP contribution in [0.25, 0.3) is 0 Å². The first-order valence-corrected chi connectivity index (χ1v) is 6.50. The number of nitrogens with one attached hydrogen (secondary N) is 1. The lowest BCUT2D eigenvalue weighted by molar-refractivity contribution is -0.138. The van der Waals surface area contributed by atoms with Gasteiger partial charge in [-0.1, -0.05) is 12.1 Å². The topological polar surface area (TPSA) is 32.3 Å². The molecule has 1 amide bonds. The molecule has 1 aliphatic rings. The van der Waals surface area contributed by atoms with E-state index in [4.69, 9.17) is 0 Å². The first kappa shape index (κ1) is 14.8. The van der Waals surface area contributed by atoms with E-state index in [1.54, 1.807) is 0 Å². The molecule has 0 aliphatic carbocycles. The summed E-state index contributed by atoms with van der Waals surface area (Å²) >= 11 is 0. The van der Waals surface area contributed by atoms with Gasteiger partial charge in [0.2, 0.25) is 0 Å². The van der Waals surface area contributed by atoms with Crippen molar-refractivity contribution in [3.8, 4) is 0 Å². The van der Waals surface area contributed by atoms with Crippen molar-refractivity contribution in [2.45, 2.75) is 32.1 Å². The molecular formula is C14H17F3N2O. The molecule has 2 unspecified atom stereocenters. The Kier molecular flexibility index (Phi) is 4.04. The lowest BCUT2D eigenvalue weighted by Gasteiger charge is -2.36. The Hall–Kier alpha value is -1.56. The van der Waals surface area contributed by atoms with Crippen LogP contribution in [0.3, 0.4) is 0 Å². The van der Waals surface area contributed by atoms with E-state index >= 15 is 0 Å². The average Bonchev–Trinajstić information content (AvgIpc) is 2.35. The van der Waals surface area contributed by atoms with Gasteiger partial charge in [0, 0.05) is 25.2 Å². The van der Waals surface area contributed by atoms with Crippen molar-refractivity contribution in [2.75, 3.05) is 13.1 Å². The summed E-state index contributed by atoms with van der Waals surface area (Å²) < 4.78 is 38.8. The minimum absolute atomic E-state index is 0.0701. The molecule has 1 aliphatic heterocycles. The number of carbonyl (C=O) groups excluding carboxylic acids is 1. The van der Waals surface area contributed by atoms with Gasteiger partial charge in [-0.15, -0.1) is 0 Å². The molecule has 20 heavy (non-hydrogen) atoms. The average molecular weight is 286 g/mol. The van der Waals surface area contributed by atoms with Crippen molar-refractivity contribution in [1.29, 1.82) is 0 Å². The Morgan fingerprint density at radius 3 is 2.30 bits per heavy atom. The number of halogens is 3. The van der Waals surface area contributed by atoms with Gasteiger partial charge in [0.1, 0.15) is 0 Å². The predicted molar refractivity (Wildman–Crippen MR) is 69.4 cm³/mol. The first-order chi connectivity index (χ1) is 9.29. The van der Waals surface area contributed by atoms with Gasteiger partial charge in [0.15, 0.2) is 0 Å². The third-order valence-corrected chi connectivity index (χ3v) is 3.31. The molecule has 1 aromatic carbocycles. The number of hydrogen-bond acceptors (Lipinski definition) is 2. The van der Waals surface area contributed by atoms with Crippen molar-refractivity contribution in [3.05, 3.63) is 35.4 Å². The van der Waals surface area contributed by atoms with Crippen LogP contribution in [0.15, 0.2) is 24.3 Å². The van der Waals surface area contributed by atoms with E-state index in [9.17, 15) is 18.0 Å². The van der Waals surface area contributed by atoms with Crippen molar-refractivity contribution in [2.24, 2.45) is 0 Å². The molecule has 1 heterocycles. The van der Waals surface area contributed by atoms with Crippen LogP contribution < -0.4 is 5.32 Å². The predicted octanol–water partition coefficient (Wildman–Crippen LogP) is 2.53. The summed E-state index contributed by atoms with van der Waals surface area (Å²) in [6.07, 6.45) is -4.52. The summed E-state index contributed by atoms with van der Waals surface area (Å²) in [4.78, 5) is 13.8. The molecule has 0 saturated carbocycles. The zero-order chi connectivity index (χ0) is 14.9. The zero-order valence-electron chi connectivity index (χ0n) is 11.4. The fourth-order valence-electron chi connectivity index (χ4n) is 2.58. The second kappa shape index (κ2) is 5.44. The summed E-state index contributed by atoms with van der Waals surface area (Å²) in [5.41, 5.74) is -1.15. The van der Waals surface area contributed by atoms with Crippen molar-refractivity contribution < 1.29 is 18.0 Å². The van der Waals surface area contributed by atoms with Crippen molar-refractivity contribution in [1.82, 2.24) is 10.2 Å². The van der Waals surface area contributed by atoms with E-state index in [1.807, 2.05) is 13.8 Å². The molecule has 1 saturated heterocycles. The van der Waals surface area contributed by atoms with Gasteiger partial charge in [-0.25, -0.2) is 0 Å². The second-order valence-corrected chi connectivity index (χ2v) is 5.22. The summed E-state index contributed by atoms with van der Waals surface area (Å²) in [6.45, 7) is 4.64. The van der Waals surface area contributed by atoms with Crippen molar-refractivity contribution in [3.63, 3.8) is 0 Å². The SMILES string of the molecule is CC1CN(C(=O)c2ccccc2C(F)(F)F)CC(C)N1. The van der Waals surface area contributed by atoms with Crippen LogP contribution in [-0.4, -0.2) is 36.0 Å². The summed E-state index contributed by atoms with van der Waals surface area (Å²) in [7, 11) is 0. The molecule has 2 rings (SSSR count). The third kappa shape index (κ3) is 3.12. The van der Waals surface area contributed by atoms with Crippen LogP contribution in [0.4, 0.5) is 13.2 Å². The van der Waals surface area contributed by atoms with Crippen LogP contribution in [0.2, 0.25) is 0 Å². The molecule has 0 bridgehead atoms. The highest BCUT2D eigenvalue weighted by Crippen LogP contribution is 2.32. The zero-order valence-corrected chi connectivity index (χ0v) is 11.4. The molecular weight excluding hydrogens is 269 g/mol. The molecule has 1 aromatic rings. The first-order valence-electron chi connectivity index (χ1n) is 6.50. The Morgan fingerprint density at radius 2 is 1.75 bits per heavy atom. The highest BCUT2D eigenvalue weighted by Gasteiger charge is 2.36. The maximum absolute atomic E-state index is 12.9. The van der Waals surface area contributed by atoms with Gasteiger partial charge < -0.3 is 10.2 Å². The lowest BCUT2D eigenvalue weighted by atomic mass is 10.0. The van der Waals surface area contributed by atoms with Crippen LogP contribution in [-0.2, 0) is 6.18 Å². The second-order valence-electron chi connectivity index (χ2n) is 5.22. The van der Waals surface area contributed by atoms with Crippen LogP contribution in [0.1, 0.15) is 29.8 Å². The number of benzene rings is 1. The molecule has 110 valence electrons. The molecule has 0 radical (unpaired) electrons. The Balaban J connectivity index is 2.30. The molecule has 1 fully saturated rings. The number of rotatable bonds is 1. The Morgan fingerprint density at radius 1 is 1.20 bits per heavy atom. The highest BCUT2D eigenvalue weighted by atomic mass is 19.4. The van der Waals surface area contributed by atoms with Gasteiger partial charge in [0.25, 0.3) is 5.91 Å². The maximum Gasteiger partial charge on any atom is 0.417 e. The molecule has 0 spiro atoms. The minimum Gasteiger partial charge on any atom is -0.336 e. The van der Waals surface area contributed by atoms with E-state index < -0.39 is 17.6 Å². The quantitative estimate of drug-likeness (QED) is 0.860. The normalized spacial score (nSPS) is 23.8. The number of amides is 1. The van der Waals surface area contributed by atoms with Crippen LogP contribution >= 0.6 is 0 Å². The molecule has 2 atom stereocenters. The largest absolute Gasteiger partial charge is 0.417 e. The molecule has 1 N–H and O–H groups in total. The molecule has 0 aromatic heterocycles. The Bertz CT molecular complexity index is 491. The fraction of sp³-hybridized carbons (Fsp3) is 0.500. The number of piperazine rings is 1. The van der Waals surface area contributed by atoms with E-state index in [1.165, 1.54) is 23.1 Å². The lowest BCUT2D eigenvalue weighted by Crippen LogP contribution is -2.56. The third-order valence-electron chi connectivity index (χ3n) is 3.31. The maximum atomic E-state index is 12.9. The summed E-state index contributed by atoms with van der Waals surface area (Å²) in [5, 5.41) is 3.24. The summed E-state index contributed by atoms with van der Waals surface area (Å²) in [5.74, 6) is -0.557. The Labute approximate surface area is 115 Å². The van der Waals surface area contributed by atoms with E-state index in [-0.39, 0.29) is 17.6 Å². The number of alkyl halides is 3. The van der Waals surface area contributed by atoms with Crippen LogP contribution in [0, 0.1) is 0 Å². The summed E-state index contributed by atoms with van der Waals surface area (Å²) in [6, 6.07) is 5.08. The van der Waals surface area contributed by atoms with Crippen LogP contribution in [0.5, 0.6) is 0 Å². The monoisotopic (exact) mass is 286 g/mol. The number of carbonyl (C=O) groups is 1. The van der Waals surface area contributed by atoms with Gasteiger partial charge in [-0.3, -0.25) is 4.79 Å². The minimum atomic E-state index is -4.52. The van der Waals surface area contributed by atoms with E-state index in [0.717, 1.165) is 6.07 Å². The molecule has 6 heteroatoms.